The van der Waals surface area contributed by atoms with Gasteiger partial charge in [-0.25, -0.2) is 8.42 Å². The monoisotopic (exact) mass is 387 g/mol. The second-order valence-electron chi connectivity index (χ2n) is 7.51. The summed E-state index contributed by atoms with van der Waals surface area (Å²) in [5.74, 6) is -0.0860. The largest absolute Gasteiger partial charge is 0.334 e. The molecule has 144 valence electrons. The molecular formula is C20H25N3O3S. The first-order valence-electron chi connectivity index (χ1n) is 8.88. The number of carbonyl (C=O) groups excluding carboxylic acids is 1. The predicted octanol–water partition coefficient (Wildman–Crippen LogP) is 2.43. The zero-order valence-corrected chi connectivity index (χ0v) is 16.6. The molecule has 1 heterocycles. The highest BCUT2D eigenvalue weighted by atomic mass is 32.2. The summed E-state index contributed by atoms with van der Waals surface area (Å²) in [7, 11) is -1.25. The van der Waals surface area contributed by atoms with Crippen molar-refractivity contribution in [2.45, 2.75) is 19.4 Å². The first kappa shape index (κ1) is 19.4. The molecule has 0 spiro atoms. The van der Waals surface area contributed by atoms with Crippen molar-refractivity contribution in [1.29, 1.82) is 0 Å². The number of aromatic nitrogens is 2. The maximum Gasteiger partial charge on any atom is 0.246 e. The van der Waals surface area contributed by atoms with Gasteiger partial charge in [0.2, 0.25) is 5.91 Å². The predicted molar refractivity (Wildman–Crippen MR) is 106 cm³/mol. The molecule has 0 aliphatic heterocycles. The van der Waals surface area contributed by atoms with Crippen LogP contribution in [0.4, 0.5) is 0 Å². The van der Waals surface area contributed by atoms with Gasteiger partial charge in [-0.1, -0.05) is 36.9 Å². The van der Waals surface area contributed by atoms with Crippen molar-refractivity contribution in [2.24, 2.45) is 12.5 Å². The van der Waals surface area contributed by atoms with Crippen molar-refractivity contribution in [2.75, 3.05) is 18.6 Å². The molecule has 7 heteroatoms. The van der Waals surface area contributed by atoms with Crippen molar-refractivity contribution in [3.63, 3.8) is 0 Å². The van der Waals surface area contributed by atoms with E-state index in [4.69, 9.17) is 0 Å². The SMILES string of the molecule is C=CC(=O)N(Cc1cn(C)nc1-c1ccccc1)CC1(CS(C)(=O)=O)CC1. The third-order valence-electron chi connectivity index (χ3n) is 4.85. The van der Waals surface area contributed by atoms with Gasteiger partial charge in [-0.2, -0.15) is 5.10 Å². The van der Waals surface area contributed by atoms with Crippen LogP contribution < -0.4 is 0 Å². The average molecular weight is 388 g/mol. The van der Waals surface area contributed by atoms with Gasteiger partial charge in [0.1, 0.15) is 9.84 Å². The number of benzene rings is 1. The number of aryl methyl sites for hydroxylation is 1. The topological polar surface area (TPSA) is 72.3 Å². The first-order chi connectivity index (χ1) is 12.7. The van der Waals surface area contributed by atoms with Crippen molar-refractivity contribution < 1.29 is 13.2 Å². The van der Waals surface area contributed by atoms with Crippen molar-refractivity contribution in [3.05, 3.63) is 54.7 Å². The summed E-state index contributed by atoms with van der Waals surface area (Å²) in [5.41, 5.74) is 2.40. The summed E-state index contributed by atoms with van der Waals surface area (Å²) in [6, 6.07) is 9.81. The molecule has 1 aromatic heterocycles. The number of hydrogen-bond donors (Lipinski definition) is 0. The molecule has 1 saturated carbocycles. The Kier molecular flexibility index (Phi) is 5.24. The molecule has 0 radical (unpaired) electrons. The maximum atomic E-state index is 12.5. The Morgan fingerprint density at radius 1 is 1.33 bits per heavy atom. The molecule has 1 aliphatic carbocycles. The molecule has 1 aromatic carbocycles. The van der Waals surface area contributed by atoms with E-state index in [1.165, 1.54) is 12.3 Å². The lowest BCUT2D eigenvalue weighted by atomic mass is 10.1. The molecule has 1 fully saturated rings. The van der Waals surface area contributed by atoms with Gasteiger partial charge in [-0.05, 0) is 18.9 Å². The summed E-state index contributed by atoms with van der Waals surface area (Å²) in [5, 5.41) is 4.55. The molecular weight excluding hydrogens is 362 g/mol. The molecule has 0 N–H and O–H groups in total. The number of sulfone groups is 1. The smallest absolute Gasteiger partial charge is 0.246 e. The molecule has 0 bridgehead atoms. The van der Waals surface area contributed by atoms with Gasteiger partial charge in [-0.3, -0.25) is 9.48 Å². The Morgan fingerprint density at radius 3 is 2.56 bits per heavy atom. The molecule has 1 aliphatic rings. The van der Waals surface area contributed by atoms with Gasteiger partial charge in [0.05, 0.1) is 11.4 Å². The second kappa shape index (κ2) is 7.31. The summed E-state index contributed by atoms with van der Waals surface area (Å²) in [6.45, 7) is 4.38. The van der Waals surface area contributed by atoms with E-state index < -0.39 is 9.84 Å². The van der Waals surface area contributed by atoms with E-state index in [9.17, 15) is 13.2 Å². The minimum atomic E-state index is -3.10. The summed E-state index contributed by atoms with van der Waals surface area (Å²) < 4.78 is 25.3. The number of rotatable bonds is 8. The lowest BCUT2D eigenvalue weighted by Gasteiger charge is -2.26. The van der Waals surface area contributed by atoms with Crippen LogP contribution in [0.25, 0.3) is 11.3 Å². The van der Waals surface area contributed by atoms with Crippen LogP contribution >= 0.6 is 0 Å². The summed E-state index contributed by atoms with van der Waals surface area (Å²) in [4.78, 5) is 14.2. The van der Waals surface area contributed by atoms with Crippen LogP contribution in [0.1, 0.15) is 18.4 Å². The second-order valence-corrected chi connectivity index (χ2v) is 9.65. The molecule has 27 heavy (non-hydrogen) atoms. The number of hydrogen-bond acceptors (Lipinski definition) is 4. The average Bonchev–Trinajstić information content (AvgIpc) is 3.24. The number of nitrogens with zero attached hydrogens (tertiary/aromatic N) is 3. The molecule has 6 nitrogen and oxygen atoms in total. The van der Waals surface area contributed by atoms with E-state index in [-0.39, 0.29) is 17.1 Å². The normalized spacial score (nSPS) is 15.3. The minimum absolute atomic E-state index is 0.111. The Bertz CT molecular complexity index is 944. The van der Waals surface area contributed by atoms with Gasteiger partial charge in [0.25, 0.3) is 0 Å². The zero-order chi connectivity index (χ0) is 19.7. The van der Waals surface area contributed by atoms with Crippen LogP contribution in [-0.4, -0.2) is 47.6 Å². The zero-order valence-electron chi connectivity index (χ0n) is 15.8. The molecule has 0 unspecified atom stereocenters. The number of amides is 1. The number of carbonyl (C=O) groups is 1. The molecule has 1 amide bonds. The van der Waals surface area contributed by atoms with E-state index in [2.05, 4.69) is 11.7 Å². The standard InChI is InChI=1S/C20H25N3O3S/c1-4-18(24)23(14-20(10-11-20)15-27(3,25)26)13-17-12-22(2)21-19(17)16-8-6-5-7-9-16/h4-9,12H,1,10-11,13-15H2,2-3H3. The highest BCUT2D eigenvalue weighted by Gasteiger charge is 2.47. The minimum Gasteiger partial charge on any atom is -0.334 e. The third kappa shape index (κ3) is 4.86. The van der Waals surface area contributed by atoms with Crippen LogP contribution in [0.5, 0.6) is 0 Å². The molecule has 0 atom stereocenters. The van der Waals surface area contributed by atoms with Crippen molar-refractivity contribution >= 4 is 15.7 Å². The van der Waals surface area contributed by atoms with Gasteiger partial charge in [0, 0.05) is 49.1 Å². The van der Waals surface area contributed by atoms with E-state index in [1.54, 1.807) is 9.58 Å². The van der Waals surface area contributed by atoms with Gasteiger partial charge in [0.15, 0.2) is 0 Å². The fourth-order valence-electron chi connectivity index (χ4n) is 3.52. The molecule has 2 aromatic rings. The Labute approximate surface area is 160 Å². The van der Waals surface area contributed by atoms with E-state index >= 15 is 0 Å². The van der Waals surface area contributed by atoms with Crippen LogP contribution in [-0.2, 0) is 28.2 Å². The van der Waals surface area contributed by atoms with Crippen LogP contribution in [0.3, 0.4) is 0 Å². The van der Waals surface area contributed by atoms with Crippen molar-refractivity contribution in [1.82, 2.24) is 14.7 Å². The van der Waals surface area contributed by atoms with Crippen LogP contribution in [0, 0.1) is 5.41 Å². The van der Waals surface area contributed by atoms with Crippen molar-refractivity contribution in [3.8, 4) is 11.3 Å². The fourth-order valence-corrected chi connectivity index (χ4v) is 5.02. The lowest BCUT2D eigenvalue weighted by molar-refractivity contribution is -0.127. The Hall–Kier alpha value is -2.41. The Morgan fingerprint density at radius 2 is 2.00 bits per heavy atom. The fraction of sp³-hybridized carbons (Fsp3) is 0.400. The first-order valence-corrected chi connectivity index (χ1v) is 10.9. The lowest BCUT2D eigenvalue weighted by Crippen LogP contribution is -2.37. The summed E-state index contributed by atoms with van der Waals surface area (Å²) in [6.07, 6.45) is 6.08. The van der Waals surface area contributed by atoms with E-state index in [0.717, 1.165) is 29.7 Å². The van der Waals surface area contributed by atoms with Crippen LogP contribution in [0.15, 0.2) is 49.2 Å². The third-order valence-corrected chi connectivity index (χ3v) is 5.99. The van der Waals surface area contributed by atoms with E-state index in [1.807, 2.05) is 43.6 Å². The van der Waals surface area contributed by atoms with Crippen LogP contribution in [0.2, 0.25) is 0 Å². The van der Waals surface area contributed by atoms with Gasteiger partial charge in [-0.15, -0.1) is 0 Å². The van der Waals surface area contributed by atoms with Gasteiger partial charge < -0.3 is 4.90 Å². The quantitative estimate of drug-likeness (QED) is 0.652. The molecule has 0 saturated heterocycles. The van der Waals surface area contributed by atoms with Gasteiger partial charge >= 0.3 is 0 Å². The van der Waals surface area contributed by atoms with E-state index in [0.29, 0.717) is 13.1 Å². The highest BCUT2D eigenvalue weighted by Crippen LogP contribution is 2.47. The summed E-state index contributed by atoms with van der Waals surface area (Å²) >= 11 is 0. The molecule has 3 rings (SSSR count). The maximum absolute atomic E-state index is 12.5. The Balaban J connectivity index is 1.86. The highest BCUT2D eigenvalue weighted by molar-refractivity contribution is 7.90.